The molecule has 1 N–H and O–H groups in total. The molecular weight excluding hydrogens is 273 g/mol. The Morgan fingerprint density at radius 1 is 1.38 bits per heavy atom. The highest BCUT2D eigenvalue weighted by molar-refractivity contribution is 5.63. The first-order valence-electron chi connectivity index (χ1n) is 6.64. The van der Waals surface area contributed by atoms with Crippen molar-refractivity contribution in [3.63, 3.8) is 0 Å². The highest BCUT2D eigenvalue weighted by atomic mass is 19.1. The van der Waals surface area contributed by atoms with Gasteiger partial charge in [0.15, 0.2) is 0 Å². The second-order valence-corrected chi connectivity index (χ2v) is 4.78. The Labute approximate surface area is 122 Å². The van der Waals surface area contributed by atoms with Crippen LogP contribution in [0.25, 0.3) is 0 Å². The van der Waals surface area contributed by atoms with Gasteiger partial charge in [0.2, 0.25) is 0 Å². The van der Waals surface area contributed by atoms with Crippen LogP contribution >= 0.6 is 0 Å². The maximum atomic E-state index is 12.9. The number of rotatable bonds is 5. The van der Waals surface area contributed by atoms with E-state index in [0.717, 1.165) is 11.8 Å². The molecule has 0 aliphatic rings. The summed E-state index contributed by atoms with van der Waals surface area (Å²) in [4.78, 5) is 14.7. The molecule has 1 unspecified atom stereocenters. The van der Waals surface area contributed by atoms with Gasteiger partial charge in [-0.25, -0.2) is 4.39 Å². The number of nitrogens with zero attached hydrogens (tertiary/aromatic N) is 2. The van der Waals surface area contributed by atoms with E-state index in [1.807, 2.05) is 6.92 Å². The predicted molar refractivity (Wildman–Crippen MR) is 78.7 cm³/mol. The zero-order valence-corrected chi connectivity index (χ0v) is 11.8. The Hall–Kier alpha value is -2.50. The van der Waals surface area contributed by atoms with Crippen LogP contribution in [-0.4, -0.2) is 9.91 Å². The number of aryl methyl sites for hydroxylation is 1. The van der Waals surface area contributed by atoms with Crippen LogP contribution in [-0.2, 0) is 0 Å². The summed E-state index contributed by atoms with van der Waals surface area (Å²) in [5.41, 5.74) is 1.92. The molecule has 0 saturated carbocycles. The summed E-state index contributed by atoms with van der Waals surface area (Å²) in [6.07, 6.45) is 1.81. The van der Waals surface area contributed by atoms with E-state index in [1.165, 1.54) is 12.1 Å². The molecule has 6 heteroatoms. The number of hydrogen-bond acceptors (Lipinski definition) is 4. The normalized spacial score (nSPS) is 12.0. The van der Waals surface area contributed by atoms with E-state index < -0.39 is 10.7 Å². The molecule has 1 aromatic carbocycles. The molecule has 2 aromatic rings. The first-order valence-corrected chi connectivity index (χ1v) is 6.64. The van der Waals surface area contributed by atoms with E-state index >= 15 is 0 Å². The first kappa shape index (κ1) is 14.9. The summed E-state index contributed by atoms with van der Waals surface area (Å²) in [5, 5.41) is 14.2. The Morgan fingerprint density at radius 2 is 2.14 bits per heavy atom. The van der Waals surface area contributed by atoms with Crippen LogP contribution in [0.3, 0.4) is 0 Å². The zero-order chi connectivity index (χ0) is 15.4. The van der Waals surface area contributed by atoms with Gasteiger partial charge in [-0.15, -0.1) is 0 Å². The first-order chi connectivity index (χ1) is 10.0. The maximum Gasteiger partial charge on any atom is 0.292 e. The van der Waals surface area contributed by atoms with Gasteiger partial charge in [-0.2, -0.15) is 0 Å². The van der Waals surface area contributed by atoms with Gasteiger partial charge in [-0.3, -0.25) is 15.1 Å². The molecular formula is C15H16FN3O2. The summed E-state index contributed by atoms with van der Waals surface area (Å²) in [6, 6.07) is 7.70. The minimum Gasteiger partial charge on any atom is -0.371 e. The summed E-state index contributed by atoms with van der Waals surface area (Å²) in [6.45, 7) is 3.73. The van der Waals surface area contributed by atoms with E-state index in [4.69, 9.17) is 0 Å². The fraction of sp³-hybridized carbons (Fsp3) is 0.267. The molecule has 0 amide bonds. The van der Waals surface area contributed by atoms with Gasteiger partial charge in [0, 0.05) is 6.07 Å². The highest BCUT2D eigenvalue weighted by Gasteiger charge is 2.18. The number of nitro benzene ring substituents is 1. The van der Waals surface area contributed by atoms with E-state index in [1.54, 1.807) is 25.1 Å². The van der Waals surface area contributed by atoms with Gasteiger partial charge in [0.25, 0.3) is 5.69 Å². The van der Waals surface area contributed by atoms with E-state index in [0.29, 0.717) is 17.8 Å². The van der Waals surface area contributed by atoms with Crippen molar-refractivity contribution in [1.82, 2.24) is 4.98 Å². The summed E-state index contributed by atoms with van der Waals surface area (Å²) in [5.74, 6) is -0.407. The Bertz CT molecular complexity index is 644. The van der Waals surface area contributed by atoms with E-state index in [9.17, 15) is 14.5 Å². The molecule has 1 aromatic heterocycles. The average molecular weight is 289 g/mol. The fourth-order valence-electron chi connectivity index (χ4n) is 2.08. The largest absolute Gasteiger partial charge is 0.371 e. The number of hydrogen-bond donors (Lipinski definition) is 1. The Morgan fingerprint density at radius 3 is 2.71 bits per heavy atom. The van der Waals surface area contributed by atoms with Crippen LogP contribution in [0.15, 0.2) is 36.5 Å². The topological polar surface area (TPSA) is 68.1 Å². The summed E-state index contributed by atoms with van der Waals surface area (Å²) < 4.78 is 12.9. The smallest absolute Gasteiger partial charge is 0.292 e. The van der Waals surface area contributed by atoms with Gasteiger partial charge >= 0.3 is 0 Å². The molecule has 1 heterocycles. The number of nitro groups is 1. The molecule has 0 saturated heterocycles. The second kappa shape index (κ2) is 6.30. The van der Waals surface area contributed by atoms with E-state index in [-0.39, 0.29) is 11.7 Å². The Balaban J connectivity index is 2.30. The van der Waals surface area contributed by atoms with Gasteiger partial charge in [-0.05, 0) is 37.1 Å². The molecule has 5 nitrogen and oxygen atoms in total. The molecule has 2 rings (SSSR count). The lowest BCUT2D eigenvalue weighted by atomic mass is 10.1. The number of pyridine rings is 1. The number of benzene rings is 1. The fourth-order valence-corrected chi connectivity index (χ4v) is 2.08. The second-order valence-electron chi connectivity index (χ2n) is 4.78. The monoisotopic (exact) mass is 289 g/mol. The van der Waals surface area contributed by atoms with Crippen molar-refractivity contribution < 1.29 is 9.31 Å². The average Bonchev–Trinajstić information content (AvgIpc) is 2.47. The van der Waals surface area contributed by atoms with Crippen LogP contribution in [0.2, 0.25) is 0 Å². The minimum absolute atomic E-state index is 0.0237. The number of halogens is 1. The lowest BCUT2D eigenvalue weighted by Crippen LogP contribution is -2.12. The molecule has 0 aliphatic heterocycles. The SMILES string of the molecule is CCC(Nc1ccc(C)cc1[N+](=O)[O-])c1ccc(F)cn1. The van der Waals surface area contributed by atoms with Crippen molar-refractivity contribution >= 4 is 11.4 Å². The highest BCUT2D eigenvalue weighted by Crippen LogP contribution is 2.29. The molecule has 110 valence electrons. The zero-order valence-electron chi connectivity index (χ0n) is 11.8. The van der Waals surface area contributed by atoms with Crippen molar-refractivity contribution in [1.29, 1.82) is 0 Å². The van der Waals surface area contributed by atoms with Gasteiger partial charge < -0.3 is 5.32 Å². The van der Waals surface area contributed by atoms with Crippen molar-refractivity contribution in [2.24, 2.45) is 0 Å². The quantitative estimate of drug-likeness (QED) is 0.667. The van der Waals surface area contributed by atoms with Crippen LogP contribution < -0.4 is 5.32 Å². The maximum absolute atomic E-state index is 12.9. The van der Waals surface area contributed by atoms with Gasteiger partial charge in [0.1, 0.15) is 11.5 Å². The lowest BCUT2D eigenvalue weighted by molar-refractivity contribution is -0.384. The van der Waals surface area contributed by atoms with Crippen LogP contribution in [0.5, 0.6) is 0 Å². The van der Waals surface area contributed by atoms with Gasteiger partial charge in [0.05, 0.1) is 22.9 Å². The van der Waals surface area contributed by atoms with Crippen molar-refractivity contribution in [3.8, 4) is 0 Å². The molecule has 0 bridgehead atoms. The molecule has 0 spiro atoms. The summed E-state index contributed by atoms with van der Waals surface area (Å²) in [7, 11) is 0. The van der Waals surface area contributed by atoms with Crippen LogP contribution in [0.1, 0.15) is 30.6 Å². The van der Waals surface area contributed by atoms with Crippen molar-refractivity contribution in [2.75, 3.05) is 5.32 Å². The molecule has 0 fully saturated rings. The van der Waals surface area contributed by atoms with Crippen molar-refractivity contribution in [3.05, 3.63) is 63.7 Å². The third kappa shape index (κ3) is 3.53. The van der Waals surface area contributed by atoms with E-state index in [2.05, 4.69) is 10.3 Å². The number of nitrogens with one attached hydrogen (secondary N) is 1. The third-order valence-corrected chi connectivity index (χ3v) is 3.20. The number of anilines is 1. The molecule has 21 heavy (non-hydrogen) atoms. The molecule has 0 radical (unpaired) electrons. The van der Waals surface area contributed by atoms with Crippen molar-refractivity contribution in [2.45, 2.75) is 26.3 Å². The van der Waals surface area contributed by atoms with Crippen LogP contribution in [0.4, 0.5) is 15.8 Å². The van der Waals surface area contributed by atoms with Crippen LogP contribution in [0, 0.1) is 22.9 Å². The van der Waals surface area contributed by atoms with Gasteiger partial charge in [-0.1, -0.05) is 13.0 Å². The third-order valence-electron chi connectivity index (χ3n) is 3.20. The predicted octanol–water partition coefficient (Wildman–Crippen LogP) is 4.00. The molecule has 1 atom stereocenters. The standard InChI is InChI=1S/C15H16FN3O2/c1-3-12(13-7-5-11(16)9-17-13)18-14-6-4-10(2)8-15(14)19(20)21/h4-9,12,18H,3H2,1-2H3. The summed E-state index contributed by atoms with van der Waals surface area (Å²) >= 11 is 0. The Kier molecular flexibility index (Phi) is 4.47. The number of aromatic nitrogens is 1. The lowest BCUT2D eigenvalue weighted by Gasteiger charge is -2.18. The molecule has 0 aliphatic carbocycles. The minimum atomic E-state index is -0.417.